The van der Waals surface area contributed by atoms with Gasteiger partial charge < -0.3 is 19.3 Å². The van der Waals surface area contributed by atoms with Gasteiger partial charge in [-0.3, -0.25) is 9.69 Å². The number of ether oxygens (including phenoxy) is 2. The fourth-order valence-corrected chi connectivity index (χ4v) is 7.46. The number of amides is 1. The summed E-state index contributed by atoms with van der Waals surface area (Å²) in [4.78, 5) is 29.1. The molecule has 1 unspecified atom stereocenters. The van der Waals surface area contributed by atoms with E-state index in [1.54, 1.807) is 4.90 Å². The van der Waals surface area contributed by atoms with Gasteiger partial charge in [0.2, 0.25) is 5.91 Å². The van der Waals surface area contributed by atoms with Crippen molar-refractivity contribution in [3.8, 4) is 12.1 Å². The molecule has 222 valence electrons. The van der Waals surface area contributed by atoms with Crippen LogP contribution in [0.2, 0.25) is 0 Å². The van der Waals surface area contributed by atoms with E-state index in [1.165, 1.54) is 35.6 Å². The van der Waals surface area contributed by atoms with Gasteiger partial charge in [-0.2, -0.15) is 15.2 Å². The Morgan fingerprint density at radius 1 is 1.17 bits per heavy atom. The van der Waals surface area contributed by atoms with E-state index in [0.717, 1.165) is 76.5 Å². The molecule has 1 spiro atoms. The molecule has 2 aromatic rings. The molecule has 9 heteroatoms. The smallest absolute Gasteiger partial charge is 0.318 e. The van der Waals surface area contributed by atoms with Crippen molar-refractivity contribution in [1.82, 2.24) is 19.8 Å². The number of morpholine rings is 1. The monoisotopic (exact) mass is 570 g/mol. The predicted octanol–water partition coefficient (Wildman–Crippen LogP) is 3.46. The first-order valence-electron chi connectivity index (χ1n) is 15.6. The zero-order valence-electron chi connectivity index (χ0n) is 24.6. The van der Waals surface area contributed by atoms with Crippen molar-refractivity contribution in [3.05, 3.63) is 59.3 Å². The number of carbonyl (C=O) groups is 1. The maximum atomic E-state index is 12.5. The largest absolute Gasteiger partial charge is 0.463 e. The van der Waals surface area contributed by atoms with Crippen LogP contribution in [0, 0.1) is 11.3 Å². The van der Waals surface area contributed by atoms with Crippen molar-refractivity contribution in [2.45, 2.75) is 62.8 Å². The summed E-state index contributed by atoms with van der Waals surface area (Å²) in [5.41, 5.74) is 5.35. The highest BCUT2D eigenvalue weighted by molar-refractivity contribution is 5.87. The first kappa shape index (κ1) is 28.6. The minimum Gasteiger partial charge on any atom is -0.463 e. The zero-order valence-corrected chi connectivity index (χ0v) is 24.6. The second-order valence-electron chi connectivity index (χ2n) is 12.1. The molecular weight excluding hydrogens is 528 g/mol. The Hall–Kier alpha value is -3.48. The maximum absolute atomic E-state index is 12.5. The second kappa shape index (κ2) is 12.8. The number of nitrogens with zero attached hydrogens (tertiary/aromatic N) is 6. The lowest BCUT2D eigenvalue weighted by Gasteiger charge is -2.44. The Labute approximate surface area is 249 Å². The third-order valence-corrected chi connectivity index (χ3v) is 9.62. The number of rotatable bonds is 8. The quantitative estimate of drug-likeness (QED) is 0.352. The number of benzene rings is 1. The van der Waals surface area contributed by atoms with Crippen LogP contribution in [0.25, 0.3) is 0 Å². The molecule has 0 saturated carbocycles. The molecule has 0 N–H and O–H groups in total. The Balaban J connectivity index is 1.27. The third-order valence-electron chi connectivity index (χ3n) is 9.62. The number of fused-ring (bicyclic) bond motifs is 3. The van der Waals surface area contributed by atoms with E-state index in [1.807, 2.05) is 0 Å². The summed E-state index contributed by atoms with van der Waals surface area (Å²) in [6.45, 7) is 10.4. The minimum atomic E-state index is -0.210. The van der Waals surface area contributed by atoms with Gasteiger partial charge in [-0.05, 0) is 62.1 Å². The number of aromatic nitrogens is 2. The topological polar surface area (TPSA) is 94.8 Å². The Bertz CT molecular complexity index is 1340. The number of nitriles is 1. The molecule has 1 aromatic carbocycles. The number of carbonyl (C=O) groups excluding carboxylic acids is 1. The molecule has 1 aromatic heterocycles. The molecule has 6 rings (SSSR count). The van der Waals surface area contributed by atoms with Gasteiger partial charge >= 0.3 is 6.01 Å². The molecule has 1 amide bonds. The number of hydrogen-bond acceptors (Lipinski definition) is 8. The highest BCUT2D eigenvalue weighted by Crippen LogP contribution is 2.47. The van der Waals surface area contributed by atoms with Crippen molar-refractivity contribution in [3.63, 3.8) is 0 Å². The summed E-state index contributed by atoms with van der Waals surface area (Å²) in [6.07, 6.45) is 8.90. The molecule has 2 fully saturated rings. The predicted molar refractivity (Wildman–Crippen MR) is 161 cm³/mol. The van der Waals surface area contributed by atoms with Gasteiger partial charge in [0, 0.05) is 50.2 Å². The van der Waals surface area contributed by atoms with E-state index in [4.69, 9.17) is 19.4 Å². The van der Waals surface area contributed by atoms with E-state index >= 15 is 0 Å². The minimum absolute atomic E-state index is 0.0967. The van der Waals surface area contributed by atoms with Crippen molar-refractivity contribution < 1.29 is 14.3 Å². The molecule has 2 atom stereocenters. The number of piperazine rings is 1. The Morgan fingerprint density at radius 3 is 2.86 bits per heavy atom. The number of aryl methyl sites for hydroxylation is 1. The lowest BCUT2D eigenvalue weighted by Crippen LogP contribution is -2.55. The van der Waals surface area contributed by atoms with Gasteiger partial charge in [0.25, 0.3) is 0 Å². The molecule has 0 radical (unpaired) electrons. The van der Waals surface area contributed by atoms with Gasteiger partial charge in [-0.15, -0.1) is 0 Å². The van der Waals surface area contributed by atoms with E-state index in [-0.39, 0.29) is 23.8 Å². The summed E-state index contributed by atoms with van der Waals surface area (Å²) in [5.74, 6) is 0.789. The van der Waals surface area contributed by atoms with E-state index in [2.05, 4.69) is 46.7 Å². The van der Waals surface area contributed by atoms with Crippen LogP contribution in [0.5, 0.6) is 6.01 Å². The zero-order chi connectivity index (χ0) is 28.9. The van der Waals surface area contributed by atoms with Gasteiger partial charge in [0.05, 0.1) is 44.0 Å². The third kappa shape index (κ3) is 5.88. The highest BCUT2D eigenvalue weighted by atomic mass is 16.5. The van der Waals surface area contributed by atoms with Crippen molar-refractivity contribution in [2.75, 3.05) is 64.0 Å². The molecule has 4 aliphatic rings. The van der Waals surface area contributed by atoms with Crippen LogP contribution in [0.1, 0.15) is 54.5 Å². The second-order valence-corrected chi connectivity index (χ2v) is 12.1. The number of anilines is 1. The van der Waals surface area contributed by atoms with Crippen LogP contribution in [0.4, 0.5) is 5.82 Å². The fraction of sp³-hybridized carbons (Fsp3) is 0.576. The SMILES string of the molecule is C=CC(=O)N1CCN(c2nc(OCCCN3CCOCC3)nc3c2CCC2(CCCc4ccccc42)C3)C[C@@H]1CC#N. The van der Waals surface area contributed by atoms with Crippen LogP contribution in [-0.2, 0) is 34.2 Å². The molecule has 0 bridgehead atoms. The lowest BCUT2D eigenvalue weighted by molar-refractivity contribution is -0.128. The van der Waals surface area contributed by atoms with Crippen molar-refractivity contribution >= 4 is 11.7 Å². The van der Waals surface area contributed by atoms with Crippen LogP contribution in [0.3, 0.4) is 0 Å². The van der Waals surface area contributed by atoms with Gasteiger partial charge in [0.15, 0.2) is 0 Å². The summed E-state index contributed by atoms with van der Waals surface area (Å²) >= 11 is 0. The Kier molecular flexibility index (Phi) is 8.73. The summed E-state index contributed by atoms with van der Waals surface area (Å²) in [7, 11) is 0. The van der Waals surface area contributed by atoms with E-state index in [9.17, 15) is 10.1 Å². The van der Waals surface area contributed by atoms with Crippen LogP contribution < -0.4 is 9.64 Å². The molecular formula is C33H42N6O3. The standard InChI is InChI=1S/C33H42N6O3/c1-2-30(40)39-17-16-38(24-26(39)11-14-34)31-27-10-13-33(12-5-8-25-7-3-4-9-28(25)33)23-29(27)35-32(36-31)42-20-6-15-37-18-21-41-22-19-37/h2-4,7,9,26H,1,5-6,8,10-13,15-24H2/t26-,33?/m0/s1. The Morgan fingerprint density at radius 2 is 2.02 bits per heavy atom. The first-order chi connectivity index (χ1) is 20.6. The van der Waals surface area contributed by atoms with Gasteiger partial charge in [-0.25, -0.2) is 0 Å². The average molecular weight is 571 g/mol. The molecule has 2 aliphatic heterocycles. The van der Waals surface area contributed by atoms with Crippen molar-refractivity contribution in [2.24, 2.45) is 0 Å². The summed E-state index contributed by atoms with van der Waals surface area (Å²) in [5, 5.41) is 9.53. The van der Waals surface area contributed by atoms with Crippen molar-refractivity contribution in [1.29, 1.82) is 5.26 Å². The van der Waals surface area contributed by atoms with Crippen LogP contribution in [-0.4, -0.2) is 90.8 Å². The molecule has 2 aliphatic carbocycles. The normalized spacial score (nSPS) is 24.0. The first-order valence-corrected chi connectivity index (χ1v) is 15.6. The molecule has 9 nitrogen and oxygen atoms in total. The molecule has 3 heterocycles. The summed E-state index contributed by atoms with van der Waals surface area (Å²) < 4.78 is 11.7. The van der Waals surface area contributed by atoms with Gasteiger partial charge in [0.1, 0.15) is 5.82 Å². The van der Waals surface area contributed by atoms with Crippen LogP contribution in [0.15, 0.2) is 36.9 Å². The molecule has 42 heavy (non-hydrogen) atoms. The highest BCUT2D eigenvalue weighted by Gasteiger charge is 2.42. The average Bonchev–Trinajstić information content (AvgIpc) is 3.03. The lowest BCUT2D eigenvalue weighted by atomic mass is 9.62. The van der Waals surface area contributed by atoms with Gasteiger partial charge in [-0.1, -0.05) is 30.8 Å². The fourth-order valence-electron chi connectivity index (χ4n) is 7.46. The maximum Gasteiger partial charge on any atom is 0.318 e. The number of hydrogen-bond donors (Lipinski definition) is 0. The van der Waals surface area contributed by atoms with Crippen LogP contribution >= 0.6 is 0 Å². The van der Waals surface area contributed by atoms with E-state index < -0.39 is 0 Å². The van der Waals surface area contributed by atoms with E-state index in [0.29, 0.717) is 32.3 Å². The summed E-state index contributed by atoms with van der Waals surface area (Å²) in [6, 6.07) is 11.5. The molecule has 2 saturated heterocycles.